The van der Waals surface area contributed by atoms with Gasteiger partial charge >= 0.3 is 5.97 Å². The van der Waals surface area contributed by atoms with Crippen LogP contribution in [0.25, 0.3) is 11.0 Å². The van der Waals surface area contributed by atoms with Crippen molar-refractivity contribution in [3.8, 4) is 0 Å². The van der Waals surface area contributed by atoms with Crippen molar-refractivity contribution in [2.24, 2.45) is 0 Å². The van der Waals surface area contributed by atoms with Crippen LogP contribution >= 0.6 is 11.6 Å². The number of benzene rings is 1. The third-order valence-electron chi connectivity index (χ3n) is 2.54. The van der Waals surface area contributed by atoms with Gasteiger partial charge in [0.05, 0.1) is 18.1 Å². The molecule has 2 aromatic rings. The van der Waals surface area contributed by atoms with Gasteiger partial charge in [0.1, 0.15) is 0 Å². The molecule has 5 heteroatoms. The van der Waals surface area contributed by atoms with Gasteiger partial charge < -0.3 is 9.30 Å². The number of methoxy groups -OCH3 is 1. The summed E-state index contributed by atoms with van der Waals surface area (Å²) in [6.07, 6.45) is 0. The molecule has 0 amide bonds. The Balaban J connectivity index is 2.76. The van der Waals surface area contributed by atoms with Gasteiger partial charge in [-0.25, -0.2) is 9.78 Å². The van der Waals surface area contributed by atoms with Crippen molar-refractivity contribution in [1.82, 2.24) is 9.55 Å². The van der Waals surface area contributed by atoms with E-state index in [-0.39, 0.29) is 6.04 Å². The normalized spacial score (nSPS) is 11.1. The van der Waals surface area contributed by atoms with Crippen molar-refractivity contribution in [1.29, 1.82) is 0 Å². The largest absolute Gasteiger partial charge is 0.463 e. The lowest BCUT2D eigenvalue weighted by Gasteiger charge is -2.11. The number of nitrogens with zero attached hydrogens (tertiary/aromatic N) is 2. The van der Waals surface area contributed by atoms with Crippen LogP contribution < -0.4 is 0 Å². The monoisotopic (exact) mass is 252 g/mol. The molecule has 0 aliphatic rings. The van der Waals surface area contributed by atoms with Gasteiger partial charge in [0.2, 0.25) is 5.82 Å². The van der Waals surface area contributed by atoms with Crippen LogP contribution in [0.15, 0.2) is 18.2 Å². The van der Waals surface area contributed by atoms with Gasteiger partial charge in [0.15, 0.2) is 0 Å². The molecule has 0 saturated carbocycles. The first-order valence-electron chi connectivity index (χ1n) is 5.30. The second kappa shape index (κ2) is 4.37. The second-order valence-corrected chi connectivity index (χ2v) is 4.46. The van der Waals surface area contributed by atoms with Gasteiger partial charge in [0.25, 0.3) is 0 Å². The highest BCUT2D eigenvalue weighted by Gasteiger charge is 2.19. The number of halogens is 1. The maximum absolute atomic E-state index is 11.7. The Morgan fingerprint density at radius 3 is 2.76 bits per heavy atom. The number of esters is 1. The van der Waals surface area contributed by atoms with Crippen molar-refractivity contribution in [2.75, 3.05) is 7.11 Å². The molecule has 0 radical (unpaired) electrons. The Labute approximate surface area is 104 Å². The van der Waals surface area contributed by atoms with E-state index < -0.39 is 5.97 Å². The lowest BCUT2D eigenvalue weighted by Crippen LogP contribution is -2.13. The zero-order chi connectivity index (χ0) is 12.6. The number of imidazole rings is 1. The average molecular weight is 253 g/mol. The number of rotatable bonds is 2. The Bertz CT molecular complexity index is 575. The van der Waals surface area contributed by atoms with Crippen LogP contribution in [0.5, 0.6) is 0 Å². The van der Waals surface area contributed by atoms with Crippen molar-refractivity contribution in [2.45, 2.75) is 19.9 Å². The number of hydrogen-bond acceptors (Lipinski definition) is 3. The number of fused-ring (bicyclic) bond motifs is 1. The van der Waals surface area contributed by atoms with Gasteiger partial charge in [-0.1, -0.05) is 11.6 Å². The van der Waals surface area contributed by atoms with Gasteiger partial charge in [0, 0.05) is 11.1 Å². The molecule has 1 aromatic heterocycles. The van der Waals surface area contributed by atoms with E-state index in [1.807, 2.05) is 18.4 Å². The highest BCUT2D eigenvalue weighted by molar-refractivity contribution is 6.31. The third kappa shape index (κ3) is 2.00. The van der Waals surface area contributed by atoms with Crippen LogP contribution in [0.4, 0.5) is 0 Å². The molecule has 0 bridgehead atoms. The molecule has 0 fully saturated rings. The van der Waals surface area contributed by atoms with Gasteiger partial charge in [-0.3, -0.25) is 0 Å². The van der Waals surface area contributed by atoms with Crippen LogP contribution in [0.3, 0.4) is 0 Å². The van der Waals surface area contributed by atoms with Crippen LogP contribution in [-0.2, 0) is 4.74 Å². The molecule has 0 unspecified atom stereocenters. The summed E-state index contributed by atoms with van der Waals surface area (Å²) in [5.41, 5.74) is 1.58. The summed E-state index contributed by atoms with van der Waals surface area (Å²) in [7, 11) is 1.35. The minimum Gasteiger partial charge on any atom is -0.463 e. The topological polar surface area (TPSA) is 44.1 Å². The average Bonchev–Trinajstić information content (AvgIpc) is 2.66. The fourth-order valence-electron chi connectivity index (χ4n) is 1.82. The fourth-order valence-corrected chi connectivity index (χ4v) is 1.99. The summed E-state index contributed by atoms with van der Waals surface area (Å²) in [4.78, 5) is 15.9. The molecule has 90 valence electrons. The van der Waals surface area contributed by atoms with Crippen molar-refractivity contribution < 1.29 is 9.53 Å². The summed E-state index contributed by atoms with van der Waals surface area (Å²) in [6.45, 7) is 3.96. The number of carbonyl (C=O) groups is 1. The molecule has 1 aromatic carbocycles. The fraction of sp³-hybridized carbons (Fsp3) is 0.333. The summed E-state index contributed by atoms with van der Waals surface area (Å²) in [5.74, 6) is -0.134. The quantitative estimate of drug-likeness (QED) is 0.772. The lowest BCUT2D eigenvalue weighted by molar-refractivity contribution is 0.0580. The van der Waals surface area contributed by atoms with Crippen molar-refractivity contribution in [3.05, 3.63) is 29.0 Å². The van der Waals surface area contributed by atoms with Gasteiger partial charge in [-0.05, 0) is 32.0 Å². The predicted octanol–water partition coefficient (Wildman–Crippen LogP) is 3.06. The van der Waals surface area contributed by atoms with E-state index >= 15 is 0 Å². The summed E-state index contributed by atoms with van der Waals surface area (Å²) < 4.78 is 6.56. The minimum absolute atomic E-state index is 0.104. The van der Waals surface area contributed by atoms with E-state index in [0.717, 1.165) is 11.0 Å². The molecular formula is C12H13ClN2O2. The molecule has 0 aliphatic carbocycles. The Hall–Kier alpha value is -1.55. The third-order valence-corrected chi connectivity index (χ3v) is 2.77. The molecule has 4 nitrogen and oxygen atoms in total. The standard InChI is InChI=1S/C12H13ClN2O2/c1-7(2)15-10-6-8(13)4-5-9(10)14-11(15)12(16)17-3/h4-7H,1-3H3. The zero-order valence-electron chi connectivity index (χ0n) is 9.90. The highest BCUT2D eigenvalue weighted by Crippen LogP contribution is 2.24. The molecular weight excluding hydrogens is 240 g/mol. The maximum atomic E-state index is 11.7. The van der Waals surface area contributed by atoms with Crippen LogP contribution in [0, 0.1) is 0 Å². The molecule has 0 atom stereocenters. The van der Waals surface area contributed by atoms with E-state index in [4.69, 9.17) is 16.3 Å². The van der Waals surface area contributed by atoms with E-state index in [9.17, 15) is 4.79 Å². The van der Waals surface area contributed by atoms with Crippen molar-refractivity contribution in [3.63, 3.8) is 0 Å². The van der Waals surface area contributed by atoms with Crippen LogP contribution in [0.1, 0.15) is 30.5 Å². The zero-order valence-corrected chi connectivity index (χ0v) is 10.7. The first kappa shape index (κ1) is 11.9. The van der Waals surface area contributed by atoms with Gasteiger partial charge in [-0.15, -0.1) is 0 Å². The van der Waals surface area contributed by atoms with Gasteiger partial charge in [-0.2, -0.15) is 0 Å². The van der Waals surface area contributed by atoms with E-state index in [1.165, 1.54) is 7.11 Å². The number of aromatic nitrogens is 2. The molecule has 1 heterocycles. The first-order valence-corrected chi connectivity index (χ1v) is 5.68. The molecule has 0 aliphatic heterocycles. The number of hydrogen-bond donors (Lipinski definition) is 0. The lowest BCUT2D eigenvalue weighted by atomic mass is 10.3. The van der Waals surface area contributed by atoms with Crippen LogP contribution in [-0.4, -0.2) is 22.6 Å². The summed E-state index contributed by atoms with van der Waals surface area (Å²) in [5, 5.41) is 0.621. The predicted molar refractivity (Wildman–Crippen MR) is 66.5 cm³/mol. The maximum Gasteiger partial charge on any atom is 0.374 e. The molecule has 17 heavy (non-hydrogen) atoms. The number of carbonyl (C=O) groups excluding carboxylic acids is 1. The van der Waals surface area contributed by atoms with E-state index in [2.05, 4.69) is 4.98 Å². The van der Waals surface area contributed by atoms with Crippen LogP contribution in [0.2, 0.25) is 5.02 Å². The van der Waals surface area contributed by atoms with E-state index in [0.29, 0.717) is 10.8 Å². The van der Waals surface area contributed by atoms with E-state index in [1.54, 1.807) is 18.2 Å². The Kier molecular flexibility index (Phi) is 3.07. The molecule has 0 N–H and O–H groups in total. The summed E-state index contributed by atoms with van der Waals surface area (Å²) >= 11 is 5.96. The Morgan fingerprint density at radius 1 is 1.47 bits per heavy atom. The molecule has 2 rings (SSSR count). The molecule has 0 saturated heterocycles. The smallest absolute Gasteiger partial charge is 0.374 e. The minimum atomic E-state index is -0.439. The SMILES string of the molecule is COC(=O)c1nc2ccc(Cl)cc2n1C(C)C. The first-order chi connectivity index (χ1) is 8.04. The highest BCUT2D eigenvalue weighted by atomic mass is 35.5. The number of ether oxygens (including phenoxy) is 1. The summed E-state index contributed by atoms with van der Waals surface area (Å²) in [6, 6.07) is 5.45. The molecule has 0 spiro atoms. The van der Waals surface area contributed by atoms with Crippen molar-refractivity contribution >= 4 is 28.6 Å². The second-order valence-electron chi connectivity index (χ2n) is 4.02. The Morgan fingerprint density at radius 2 is 2.18 bits per heavy atom.